The second-order valence-corrected chi connectivity index (χ2v) is 6.28. The quantitative estimate of drug-likeness (QED) is 0.822. The molecule has 4 heteroatoms. The molecule has 1 aromatic rings. The molecule has 2 heterocycles. The molecule has 2 fully saturated rings. The number of thioether (sulfide) groups is 1. The van der Waals surface area contributed by atoms with Crippen LogP contribution in [0, 0.1) is 0 Å². The zero-order valence-corrected chi connectivity index (χ0v) is 11.0. The molecule has 2 aliphatic rings. The van der Waals surface area contributed by atoms with Gasteiger partial charge in [0.05, 0.1) is 18.4 Å². The summed E-state index contributed by atoms with van der Waals surface area (Å²) < 4.78 is 8.08. The Hall–Kier alpha value is -0.640. The SMILES string of the molecule is c1nn(C2CCCC2)cc1OC1CCCCS1. The maximum absolute atomic E-state index is 5.98. The zero-order valence-electron chi connectivity index (χ0n) is 10.2. The van der Waals surface area contributed by atoms with Crippen LogP contribution in [0.3, 0.4) is 0 Å². The van der Waals surface area contributed by atoms with Gasteiger partial charge in [-0.15, -0.1) is 11.8 Å². The lowest BCUT2D eigenvalue weighted by Gasteiger charge is -2.21. The first-order valence-corrected chi connectivity index (χ1v) is 7.79. The highest BCUT2D eigenvalue weighted by Gasteiger charge is 2.19. The van der Waals surface area contributed by atoms with Crippen LogP contribution in [0.4, 0.5) is 0 Å². The molecule has 0 N–H and O–H groups in total. The van der Waals surface area contributed by atoms with Crippen molar-refractivity contribution in [1.29, 1.82) is 0 Å². The van der Waals surface area contributed by atoms with E-state index in [0.717, 1.165) is 5.75 Å². The predicted octanol–water partition coefficient (Wildman–Crippen LogP) is 3.62. The minimum absolute atomic E-state index is 0.352. The van der Waals surface area contributed by atoms with Gasteiger partial charge in [0.15, 0.2) is 5.75 Å². The van der Waals surface area contributed by atoms with Crippen LogP contribution < -0.4 is 4.74 Å². The van der Waals surface area contributed by atoms with Crippen molar-refractivity contribution in [2.75, 3.05) is 5.75 Å². The van der Waals surface area contributed by atoms with Gasteiger partial charge in [0.25, 0.3) is 0 Å². The number of rotatable bonds is 3. The molecule has 17 heavy (non-hydrogen) atoms. The first-order valence-electron chi connectivity index (χ1n) is 6.74. The van der Waals surface area contributed by atoms with Crippen molar-refractivity contribution in [3.63, 3.8) is 0 Å². The standard InChI is InChI=1S/C13H20N2OS/c1-2-6-11(5-1)15-10-12(9-14-15)16-13-7-3-4-8-17-13/h9-11,13H,1-8H2. The molecule has 0 aromatic carbocycles. The molecule has 3 nitrogen and oxygen atoms in total. The van der Waals surface area contributed by atoms with Crippen molar-refractivity contribution in [3.05, 3.63) is 12.4 Å². The first kappa shape index (κ1) is 11.5. The minimum atomic E-state index is 0.352. The molecule has 1 saturated carbocycles. The lowest BCUT2D eigenvalue weighted by molar-refractivity contribution is 0.267. The average Bonchev–Trinajstić information content (AvgIpc) is 3.00. The number of hydrogen-bond donors (Lipinski definition) is 0. The Morgan fingerprint density at radius 1 is 1.18 bits per heavy atom. The Kier molecular flexibility index (Phi) is 3.60. The van der Waals surface area contributed by atoms with Crippen LogP contribution in [0.25, 0.3) is 0 Å². The summed E-state index contributed by atoms with van der Waals surface area (Å²) in [6.07, 6.45) is 13.0. The van der Waals surface area contributed by atoms with Crippen LogP contribution in [0.2, 0.25) is 0 Å². The molecule has 3 rings (SSSR count). The van der Waals surface area contributed by atoms with Crippen LogP contribution in [0.15, 0.2) is 12.4 Å². The summed E-state index contributed by atoms with van der Waals surface area (Å²) in [6, 6.07) is 0.617. The van der Waals surface area contributed by atoms with Crippen molar-refractivity contribution in [2.24, 2.45) is 0 Å². The van der Waals surface area contributed by atoms with E-state index in [1.165, 1.54) is 50.7 Å². The summed E-state index contributed by atoms with van der Waals surface area (Å²) >= 11 is 1.94. The van der Waals surface area contributed by atoms with Crippen molar-refractivity contribution in [2.45, 2.75) is 56.4 Å². The fraction of sp³-hybridized carbons (Fsp3) is 0.769. The van der Waals surface area contributed by atoms with Gasteiger partial charge < -0.3 is 4.74 Å². The number of aromatic nitrogens is 2. The second kappa shape index (κ2) is 5.34. The number of nitrogens with zero attached hydrogens (tertiary/aromatic N) is 2. The molecule has 1 aliphatic carbocycles. The molecule has 0 bridgehead atoms. The van der Waals surface area contributed by atoms with Crippen LogP contribution in [-0.4, -0.2) is 21.0 Å². The monoisotopic (exact) mass is 252 g/mol. The van der Waals surface area contributed by atoms with Gasteiger partial charge in [-0.2, -0.15) is 5.10 Å². The summed E-state index contributed by atoms with van der Waals surface area (Å²) in [4.78, 5) is 0. The first-order chi connectivity index (χ1) is 8.42. The van der Waals surface area contributed by atoms with E-state index in [1.807, 2.05) is 18.0 Å². The second-order valence-electron chi connectivity index (χ2n) is 5.01. The summed E-state index contributed by atoms with van der Waals surface area (Å²) in [6.45, 7) is 0. The Bertz CT molecular complexity index is 354. The van der Waals surface area contributed by atoms with E-state index in [1.54, 1.807) is 0 Å². The van der Waals surface area contributed by atoms with Crippen molar-refractivity contribution in [3.8, 4) is 5.75 Å². The Morgan fingerprint density at radius 2 is 2.00 bits per heavy atom. The lowest BCUT2D eigenvalue weighted by atomic mass is 10.2. The number of hydrogen-bond acceptors (Lipinski definition) is 3. The molecular formula is C13H20N2OS. The van der Waals surface area contributed by atoms with Gasteiger partial charge in [-0.3, -0.25) is 4.68 Å². The third-order valence-corrected chi connectivity index (χ3v) is 4.91. The molecule has 1 atom stereocenters. The Balaban J connectivity index is 1.59. The highest BCUT2D eigenvalue weighted by Crippen LogP contribution is 2.31. The fourth-order valence-electron chi connectivity index (χ4n) is 2.71. The van der Waals surface area contributed by atoms with Crippen molar-refractivity contribution in [1.82, 2.24) is 9.78 Å². The molecule has 1 aliphatic heterocycles. The van der Waals surface area contributed by atoms with E-state index in [0.29, 0.717) is 11.5 Å². The fourth-order valence-corrected chi connectivity index (χ4v) is 3.85. The Morgan fingerprint density at radius 3 is 2.76 bits per heavy atom. The summed E-state index contributed by atoms with van der Waals surface area (Å²) in [5.41, 5.74) is 0.352. The van der Waals surface area contributed by atoms with Crippen LogP contribution >= 0.6 is 11.8 Å². The normalized spacial score (nSPS) is 26.2. The van der Waals surface area contributed by atoms with E-state index < -0.39 is 0 Å². The van der Waals surface area contributed by atoms with Gasteiger partial charge in [-0.05, 0) is 37.9 Å². The van der Waals surface area contributed by atoms with Crippen LogP contribution in [0.5, 0.6) is 5.75 Å². The zero-order chi connectivity index (χ0) is 11.5. The lowest BCUT2D eigenvalue weighted by Crippen LogP contribution is -2.16. The molecule has 1 aromatic heterocycles. The van der Waals surface area contributed by atoms with Gasteiger partial charge in [0.2, 0.25) is 0 Å². The van der Waals surface area contributed by atoms with Gasteiger partial charge in [-0.25, -0.2) is 0 Å². The molecule has 1 saturated heterocycles. The van der Waals surface area contributed by atoms with E-state index >= 15 is 0 Å². The molecule has 1 unspecified atom stereocenters. The van der Waals surface area contributed by atoms with E-state index in [4.69, 9.17) is 4.74 Å². The smallest absolute Gasteiger partial charge is 0.158 e. The maximum Gasteiger partial charge on any atom is 0.158 e. The van der Waals surface area contributed by atoms with E-state index in [-0.39, 0.29) is 0 Å². The predicted molar refractivity (Wildman–Crippen MR) is 70.5 cm³/mol. The molecule has 94 valence electrons. The summed E-state index contributed by atoms with van der Waals surface area (Å²) in [7, 11) is 0. The molecule has 0 spiro atoms. The highest BCUT2D eigenvalue weighted by molar-refractivity contribution is 7.99. The third kappa shape index (κ3) is 2.79. The average molecular weight is 252 g/mol. The van der Waals surface area contributed by atoms with Gasteiger partial charge in [0, 0.05) is 0 Å². The van der Waals surface area contributed by atoms with Crippen molar-refractivity contribution >= 4 is 11.8 Å². The minimum Gasteiger partial charge on any atom is -0.477 e. The molecule has 0 radical (unpaired) electrons. The number of ether oxygens (including phenoxy) is 1. The van der Waals surface area contributed by atoms with Crippen molar-refractivity contribution < 1.29 is 4.74 Å². The van der Waals surface area contributed by atoms with E-state index in [2.05, 4.69) is 16.0 Å². The third-order valence-electron chi connectivity index (χ3n) is 3.68. The van der Waals surface area contributed by atoms with Gasteiger partial charge >= 0.3 is 0 Å². The summed E-state index contributed by atoms with van der Waals surface area (Å²) in [5.74, 6) is 2.19. The Labute approximate surface area is 107 Å². The van der Waals surface area contributed by atoms with Gasteiger partial charge in [0.1, 0.15) is 5.44 Å². The van der Waals surface area contributed by atoms with Crippen LogP contribution in [-0.2, 0) is 0 Å². The maximum atomic E-state index is 5.98. The summed E-state index contributed by atoms with van der Waals surface area (Å²) in [5, 5.41) is 4.45. The topological polar surface area (TPSA) is 27.1 Å². The van der Waals surface area contributed by atoms with Gasteiger partial charge in [-0.1, -0.05) is 12.8 Å². The van der Waals surface area contributed by atoms with Crippen LogP contribution in [0.1, 0.15) is 51.0 Å². The van der Waals surface area contributed by atoms with E-state index in [9.17, 15) is 0 Å². The highest BCUT2D eigenvalue weighted by atomic mass is 32.2. The largest absolute Gasteiger partial charge is 0.477 e. The molecular weight excluding hydrogens is 232 g/mol. The molecule has 0 amide bonds.